The fraction of sp³-hybridized carbons (Fsp3) is 0.619. The number of benzene rings is 1. The van der Waals surface area contributed by atoms with Crippen molar-refractivity contribution in [1.82, 2.24) is 4.90 Å². The van der Waals surface area contributed by atoms with Gasteiger partial charge in [-0.15, -0.1) is 0 Å². The number of likely N-dealkylation sites (N-methyl/N-ethyl adjacent to an activating group) is 1. The number of nitrogens with zero attached hydrogens (tertiary/aromatic N) is 1. The molecular weight excluding hydrogens is 346 g/mol. The van der Waals surface area contributed by atoms with E-state index in [1.54, 1.807) is 14.2 Å². The summed E-state index contributed by atoms with van der Waals surface area (Å²) in [6.07, 6.45) is 2.12. The molecule has 146 valence electrons. The number of carbonyl (C=O) groups is 2. The zero-order valence-corrected chi connectivity index (χ0v) is 16.4. The summed E-state index contributed by atoms with van der Waals surface area (Å²) < 4.78 is 16.7. The van der Waals surface area contributed by atoms with Crippen LogP contribution in [0.5, 0.6) is 11.5 Å². The van der Waals surface area contributed by atoms with Crippen molar-refractivity contribution in [2.45, 2.75) is 50.2 Å². The average Bonchev–Trinajstić information content (AvgIpc) is 2.64. The third kappa shape index (κ3) is 2.64. The van der Waals surface area contributed by atoms with E-state index < -0.39 is 12.1 Å². The van der Waals surface area contributed by atoms with Crippen molar-refractivity contribution in [1.29, 1.82) is 0 Å². The number of esters is 1. The van der Waals surface area contributed by atoms with Crippen molar-refractivity contribution in [2.24, 2.45) is 5.92 Å². The number of likely N-dealkylation sites (tertiary alicyclic amines) is 1. The van der Waals surface area contributed by atoms with Crippen molar-refractivity contribution < 1.29 is 23.8 Å². The highest BCUT2D eigenvalue weighted by Crippen LogP contribution is 2.58. The molecule has 6 heteroatoms. The molecule has 1 aromatic carbocycles. The van der Waals surface area contributed by atoms with Crippen LogP contribution in [0.3, 0.4) is 0 Å². The Kier molecular flexibility index (Phi) is 4.41. The molecule has 1 aliphatic heterocycles. The van der Waals surface area contributed by atoms with Crippen LogP contribution in [-0.4, -0.2) is 56.6 Å². The van der Waals surface area contributed by atoms with Gasteiger partial charge in [-0.25, -0.2) is 0 Å². The van der Waals surface area contributed by atoms with Crippen LogP contribution in [0.2, 0.25) is 0 Å². The number of Topliss-reactive ketones (excluding diaryl/α,β-unsaturated/α-hetero) is 1. The minimum atomic E-state index is -0.632. The first kappa shape index (κ1) is 18.3. The van der Waals surface area contributed by atoms with E-state index in [9.17, 15) is 9.59 Å². The topological polar surface area (TPSA) is 65.1 Å². The Labute approximate surface area is 159 Å². The fourth-order valence-corrected chi connectivity index (χ4v) is 5.71. The monoisotopic (exact) mass is 373 g/mol. The van der Waals surface area contributed by atoms with E-state index >= 15 is 0 Å². The minimum Gasteiger partial charge on any atom is -0.493 e. The Morgan fingerprint density at radius 2 is 2.04 bits per heavy atom. The smallest absolute Gasteiger partial charge is 0.303 e. The molecule has 27 heavy (non-hydrogen) atoms. The van der Waals surface area contributed by atoms with E-state index in [-0.39, 0.29) is 17.1 Å². The third-order valence-electron chi connectivity index (χ3n) is 6.83. The molecule has 0 spiro atoms. The Morgan fingerprint density at radius 3 is 2.70 bits per heavy atom. The summed E-state index contributed by atoms with van der Waals surface area (Å²) in [5.41, 5.74) is 2.09. The summed E-state index contributed by atoms with van der Waals surface area (Å²) in [6.45, 7) is 2.31. The number of hydrogen-bond donors (Lipinski definition) is 0. The molecule has 0 aromatic heterocycles. The van der Waals surface area contributed by atoms with Crippen molar-refractivity contribution in [3.8, 4) is 11.5 Å². The number of rotatable bonds is 3. The summed E-state index contributed by atoms with van der Waals surface area (Å²) in [5, 5.41) is 0. The summed E-state index contributed by atoms with van der Waals surface area (Å²) in [6, 6.07) is 4.40. The summed E-state index contributed by atoms with van der Waals surface area (Å²) >= 11 is 0. The molecule has 2 bridgehead atoms. The highest BCUT2D eigenvalue weighted by molar-refractivity contribution is 5.88. The quantitative estimate of drug-likeness (QED) is 0.756. The Bertz CT molecular complexity index is 791. The van der Waals surface area contributed by atoms with Crippen LogP contribution in [0.1, 0.15) is 37.3 Å². The lowest BCUT2D eigenvalue weighted by molar-refractivity contribution is -0.161. The second kappa shape index (κ2) is 6.51. The molecule has 0 radical (unpaired) electrons. The lowest BCUT2D eigenvalue weighted by Gasteiger charge is -2.58. The maximum absolute atomic E-state index is 13.0. The molecule has 3 aliphatic rings. The van der Waals surface area contributed by atoms with Crippen molar-refractivity contribution in [2.75, 3.05) is 27.8 Å². The maximum atomic E-state index is 13.0. The molecule has 1 saturated carbocycles. The predicted molar refractivity (Wildman–Crippen MR) is 99.2 cm³/mol. The molecule has 0 amide bonds. The molecule has 1 heterocycles. The lowest BCUT2D eigenvalue weighted by atomic mass is 9.51. The summed E-state index contributed by atoms with van der Waals surface area (Å²) in [5.74, 6) is 1.32. The number of methoxy groups -OCH3 is 2. The van der Waals surface area contributed by atoms with Crippen molar-refractivity contribution in [3.05, 3.63) is 23.3 Å². The van der Waals surface area contributed by atoms with Gasteiger partial charge in [-0.3, -0.25) is 9.59 Å². The Morgan fingerprint density at radius 1 is 1.26 bits per heavy atom. The van der Waals surface area contributed by atoms with E-state index in [0.717, 1.165) is 30.7 Å². The van der Waals surface area contributed by atoms with Crippen LogP contribution in [-0.2, 0) is 26.2 Å². The van der Waals surface area contributed by atoms with Gasteiger partial charge in [0.05, 0.1) is 14.2 Å². The fourth-order valence-electron chi connectivity index (χ4n) is 5.71. The van der Waals surface area contributed by atoms with E-state index in [1.165, 1.54) is 12.5 Å². The minimum absolute atomic E-state index is 0.0162. The van der Waals surface area contributed by atoms with Gasteiger partial charge in [0.25, 0.3) is 0 Å². The van der Waals surface area contributed by atoms with E-state index in [0.29, 0.717) is 24.6 Å². The predicted octanol–water partition coefficient (Wildman–Crippen LogP) is 2.11. The number of fused-ring (bicyclic) bond motifs is 1. The first-order valence-corrected chi connectivity index (χ1v) is 9.55. The van der Waals surface area contributed by atoms with Gasteiger partial charge in [-0.05, 0) is 50.4 Å². The molecule has 1 saturated heterocycles. The van der Waals surface area contributed by atoms with Crippen LogP contribution in [0.25, 0.3) is 0 Å². The van der Waals surface area contributed by atoms with Crippen LogP contribution in [0.15, 0.2) is 12.1 Å². The normalized spacial score (nSPS) is 32.3. The van der Waals surface area contributed by atoms with Gasteiger partial charge in [-0.1, -0.05) is 6.07 Å². The van der Waals surface area contributed by atoms with Gasteiger partial charge >= 0.3 is 5.97 Å². The second-order valence-electron chi connectivity index (χ2n) is 8.08. The number of hydrogen-bond acceptors (Lipinski definition) is 6. The average molecular weight is 373 g/mol. The molecule has 1 unspecified atom stereocenters. The molecule has 1 aromatic rings. The summed E-state index contributed by atoms with van der Waals surface area (Å²) in [7, 11) is 5.46. The Hall–Kier alpha value is -2.08. The first-order valence-electron chi connectivity index (χ1n) is 9.55. The molecule has 6 nitrogen and oxygen atoms in total. The highest BCUT2D eigenvalue weighted by atomic mass is 16.5. The van der Waals surface area contributed by atoms with Crippen LogP contribution in [0.4, 0.5) is 0 Å². The standard InChI is InChI=1S/C21H27NO5/c1-12(23)27-18-10-14-15-9-13-5-6-17(25-3)20(26-4)19(13)21(14,11-16(18)24)7-8-22(15)2/h5-6,14-15,18H,7-11H2,1-4H3/t14?,15-,18+,21+/m1/s1. The van der Waals surface area contributed by atoms with Gasteiger partial charge in [0.2, 0.25) is 0 Å². The summed E-state index contributed by atoms with van der Waals surface area (Å²) in [4.78, 5) is 26.8. The zero-order chi connectivity index (χ0) is 19.3. The van der Waals surface area contributed by atoms with Gasteiger partial charge < -0.3 is 19.1 Å². The van der Waals surface area contributed by atoms with E-state index in [4.69, 9.17) is 14.2 Å². The number of ketones is 1. The molecular formula is C21H27NO5. The van der Waals surface area contributed by atoms with Crippen LogP contribution < -0.4 is 9.47 Å². The van der Waals surface area contributed by atoms with Gasteiger partial charge in [-0.2, -0.15) is 0 Å². The first-order chi connectivity index (χ1) is 12.9. The number of carbonyl (C=O) groups excluding carboxylic acids is 2. The van der Waals surface area contributed by atoms with Crippen molar-refractivity contribution in [3.63, 3.8) is 0 Å². The molecule has 0 N–H and O–H groups in total. The highest BCUT2D eigenvalue weighted by Gasteiger charge is 2.59. The van der Waals surface area contributed by atoms with E-state index in [2.05, 4.69) is 18.0 Å². The van der Waals surface area contributed by atoms with Crippen LogP contribution in [0, 0.1) is 5.92 Å². The van der Waals surface area contributed by atoms with Gasteiger partial charge in [0.1, 0.15) is 0 Å². The molecule has 2 fully saturated rings. The number of ether oxygens (including phenoxy) is 3. The lowest BCUT2D eigenvalue weighted by Crippen LogP contribution is -2.63. The van der Waals surface area contributed by atoms with E-state index in [1.807, 2.05) is 6.07 Å². The Balaban J connectivity index is 1.87. The van der Waals surface area contributed by atoms with Crippen molar-refractivity contribution >= 4 is 11.8 Å². The number of piperidine rings is 1. The van der Waals surface area contributed by atoms with Crippen LogP contribution >= 0.6 is 0 Å². The SMILES string of the molecule is COc1ccc2c(c1OC)[C@]13CCN(C)[C@H](C2)C1C[C@H](OC(C)=O)C(=O)C3. The largest absolute Gasteiger partial charge is 0.493 e. The van der Waals surface area contributed by atoms with Gasteiger partial charge in [0.15, 0.2) is 23.4 Å². The molecule has 2 aliphatic carbocycles. The zero-order valence-electron chi connectivity index (χ0n) is 16.4. The molecule has 4 atom stereocenters. The second-order valence-corrected chi connectivity index (χ2v) is 8.08. The van der Waals surface area contributed by atoms with Gasteiger partial charge in [0, 0.05) is 30.4 Å². The molecule has 4 rings (SSSR count). The third-order valence-corrected chi connectivity index (χ3v) is 6.83. The maximum Gasteiger partial charge on any atom is 0.303 e.